The van der Waals surface area contributed by atoms with E-state index in [4.69, 9.17) is 4.74 Å². The van der Waals surface area contributed by atoms with E-state index in [0.29, 0.717) is 31.8 Å². The number of hydrogen-bond donors (Lipinski definition) is 0. The summed E-state index contributed by atoms with van der Waals surface area (Å²) in [5.41, 5.74) is 1.23. The highest BCUT2D eigenvalue weighted by Crippen LogP contribution is 2.22. The summed E-state index contributed by atoms with van der Waals surface area (Å²) in [5, 5.41) is 0. The molecule has 148 valence electrons. The molecule has 2 fully saturated rings. The van der Waals surface area contributed by atoms with E-state index in [2.05, 4.69) is 12.1 Å². The number of rotatable bonds is 7. The molecule has 0 aliphatic carbocycles. The van der Waals surface area contributed by atoms with E-state index in [0.717, 1.165) is 45.4 Å². The van der Waals surface area contributed by atoms with E-state index >= 15 is 0 Å². The molecule has 0 N–H and O–H groups in total. The van der Waals surface area contributed by atoms with Gasteiger partial charge in [-0.1, -0.05) is 30.3 Å². The maximum Gasteiger partial charge on any atom is 0.227 e. The summed E-state index contributed by atoms with van der Waals surface area (Å²) in [6.07, 6.45) is 5.27. The third kappa shape index (κ3) is 5.80. The molecule has 5 heteroatoms. The average molecular weight is 373 g/mol. The maximum absolute atomic E-state index is 12.9. The van der Waals surface area contributed by atoms with E-state index in [1.807, 2.05) is 35.0 Å². The number of nitrogens with zero attached hydrogens (tertiary/aromatic N) is 2. The van der Waals surface area contributed by atoms with Crippen LogP contribution in [0.2, 0.25) is 0 Å². The van der Waals surface area contributed by atoms with Gasteiger partial charge in [-0.3, -0.25) is 9.59 Å². The van der Waals surface area contributed by atoms with Crippen LogP contribution in [0, 0.1) is 11.8 Å². The number of benzene rings is 1. The van der Waals surface area contributed by atoms with Crippen LogP contribution in [-0.2, 0) is 20.7 Å². The molecule has 0 bridgehead atoms. The molecular weight excluding hydrogens is 340 g/mol. The van der Waals surface area contributed by atoms with Crippen LogP contribution in [-0.4, -0.2) is 61.5 Å². The van der Waals surface area contributed by atoms with E-state index in [1.165, 1.54) is 5.56 Å². The number of hydrogen-bond acceptors (Lipinski definition) is 3. The highest BCUT2D eigenvalue weighted by molar-refractivity contribution is 5.83. The van der Waals surface area contributed by atoms with Gasteiger partial charge in [0, 0.05) is 46.3 Å². The first-order chi connectivity index (χ1) is 13.1. The molecule has 3 rings (SSSR count). The Kier molecular flexibility index (Phi) is 7.27. The number of likely N-dealkylation sites (tertiary alicyclic amines) is 1. The van der Waals surface area contributed by atoms with Crippen LogP contribution in [0.25, 0.3) is 0 Å². The quantitative estimate of drug-likeness (QED) is 0.739. The molecule has 1 aromatic carbocycles. The van der Waals surface area contributed by atoms with Crippen molar-refractivity contribution in [2.45, 2.75) is 38.5 Å². The lowest BCUT2D eigenvalue weighted by atomic mass is 9.94. The largest absolute Gasteiger partial charge is 0.381 e. The fraction of sp³-hybridized carbons (Fsp3) is 0.636. The molecule has 1 atom stereocenters. The number of amides is 2. The molecule has 0 radical (unpaired) electrons. The number of piperidine rings is 1. The van der Waals surface area contributed by atoms with Gasteiger partial charge in [0.2, 0.25) is 11.8 Å². The third-order valence-electron chi connectivity index (χ3n) is 5.95. The van der Waals surface area contributed by atoms with Crippen molar-refractivity contribution >= 4 is 11.8 Å². The van der Waals surface area contributed by atoms with Crippen molar-refractivity contribution in [3.05, 3.63) is 35.9 Å². The molecule has 2 amide bonds. The van der Waals surface area contributed by atoms with Gasteiger partial charge in [-0.2, -0.15) is 0 Å². The Bertz CT molecular complexity index is 613. The Hall–Kier alpha value is -1.88. The molecule has 2 heterocycles. The summed E-state index contributed by atoms with van der Waals surface area (Å²) >= 11 is 0. The van der Waals surface area contributed by atoms with Gasteiger partial charge < -0.3 is 14.5 Å². The van der Waals surface area contributed by atoms with Gasteiger partial charge in [0.05, 0.1) is 5.92 Å². The summed E-state index contributed by atoms with van der Waals surface area (Å²) in [5.74, 6) is 0.988. The minimum Gasteiger partial charge on any atom is -0.381 e. The molecule has 2 aliphatic rings. The minimum absolute atomic E-state index is 0.0573. The van der Waals surface area contributed by atoms with Gasteiger partial charge in [-0.05, 0) is 43.6 Å². The van der Waals surface area contributed by atoms with Crippen molar-refractivity contribution in [3.63, 3.8) is 0 Å². The Morgan fingerprint density at radius 1 is 1.19 bits per heavy atom. The Labute approximate surface area is 162 Å². The molecule has 1 aromatic rings. The molecule has 2 saturated heterocycles. The molecule has 0 unspecified atom stereocenters. The lowest BCUT2D eigenvalue weighted by Gasteiger charge is -2.34. The highest BCUT2D eigenvalue weighted by atomic mass is 16.5. The van der Waals surface area contributed by atoms with Crippen LogP contribution in [0.1, 0.15) is 37.7 Å². The summed E-state index contributed by atoms with van der Waals surface area (Å²) in [4.78, 5) is 28.9. The first-order valence-corrected chi connectivity index (χ1v) is 10.3. The first kappa shape index (κ1) is 19.9. The SMILES string of the molecule is CN(CCC1CCOCC1)C(=O)[C@H]1CCC(=O)N(CCc2ccccc2)C1. The number of carbonyl (C=O) groups excluding carboxylic acids is 2. The topological polar surface area (TPSA) is 49.9 Å². The Morgan fingerprint density at radius 3 is 2.67 bits per heavy atom. The Morgan fingerprint density at radius 2 is 1.93 bits per heavy atom. The number of carbonyl (C=O) groups is 2. The van der Waals surface area contributed by atoms with Crippen molar-refractivity contribution in [1.29, 1.82) is 0 Å². The van der Waals surface area contributed by atoms with E-state index in [9.17, 15) is 9.59 Å². The molecule has 0 spiro atoms. The minimum atomic E-state index is -0.0573. The van der Waals surface area contributed by atoms with Crippen molar-refractivity contribution in [3.8, 4) is 0 Å². The normalized spacial score (nSPS) is 21.3. The van der Waals surface area contributed by atoms with Crippen LogP contribution in [0.15, 0.2) is 30.3 Å². The summed E-state index contributed by atoms with van der Waals surface area (Å²) in [6, 6.07) is 10.2. The smallest absolute Gasteiger partial charge is 0.227 e. The van der Waals surface area contributed by atoms with Crippen LogP contribution >= 0.6 is 0 Å². The van der Waals surface area contributed by atoms with Gasteiger partial charge in [-0.25, -0.2) is 0 Å². The second kappa shape index (κ2) is 9.88. The van der Waals surface area contributed by atoms with Gasteiger partial charge in [-0.15, -0.1) is 0 Å². The predicted octanol–water partition coefficient (Wildman–Crippen LogP) is 2.74. The van der Waals surface area contributed by atoms with E-state index in [1.54, 1.807) is 0 Å². The van der Waals surface area contributed by atoms with Crippen molar-refractivity contribution in [2.24, 2.45) is 11.8 Å². The molecule has 5 nitrogen and oxygen atoms in total. The lowest BCUT2D eigenvalue weighted by Crippen LogP contribution is -2.47. The fourth-order valence-electron chi connectivity index (χ4n) is 4.07. The Balaban J connectivity index is 1.46. The van der Waals surface area contributed by atoms with Crippen LogP contribution < -0.4 is 0 Å². The zero-order valence-electron chi connectivity index (χ0n) is 16.4. The van der Waals surface area contributed by atoms with Crippen molar-refractivity contribution in [2.75, 3.05) is 39.9 Å². The maximum atomic E-state index is 12.9. The summed E-state index contributed by atoms with van der Waals surface area (Å²) in [7, 11) is 1.91. The monoisotopic (exact) mass is 372 g/mol. The molecule has 0 saturated carbocycles. The lowest BCUT2D eigenvalue weighted by molar-refractivity contribution is -0.142. The summed E-state index contributed by atoms with van der Waals surface area (Å²) in [6.45, 7) is 3.76. The molecule has 0 aromatic heterocycles. The molecule has 2 aliphatic heterocycles. The van der Waals surface area contributed by atoms with E-state index < -0.39 is 0 Å². The molecule has 27 heavy (non-hydrogen) atoms. The van der Waals surface area contributed by atoms with Gasteiger partial charge in [0.15, 0.2) is 0 Å². The van der Waals surface area contributed by atoms with Crippen LogP contribution in [0.5, 0.6) is 0 Å². The van der Waals surface area contributed by atoms with E-state index in [-0.39, 0.29) is 17.7 Å². The second-order valence-corrected chi connectivity index (χ2v) is 7.92. The standard InChI is InChI=1S/C22H32N2O3/c1-23(13-9-19-11-15-27-16-12-19)22(26)20-7-8-21(25)24(17-20)14-10-18-5-3-2-4-6-18/h2-6,19-20H,7-17H2,1H3/t20-/m0/s1. The van der Waals surface area contributed by atoms with Gasteiger partial charge in [0.1, 0.15) is 0 Å². The summed E-state index contributed by atoms with van der Waals surface area (Å²) < 4.78 is 5.41. The predicted molar refractivity (Wildman–Crippen MR) is 105 cm³/mol. The van der Waals surface area contributed by atoms with Gasteiger partial charge in [0.25, 0.3) is 0 Å². The van der Waals surface area contributed by atoms with Crippen LogP contribution in [0.4, 0.5) is 0 Å². The second-order valence-electron chi connectivity index (χ2n) is 7.92. The third-order valence-corrected chi connectivity index (χ3v) is 5.95. The fourth-order valence-corrected chi connectivity index (χ4v) is 4.07. The van der Waals surface area contributed by atoms with Gasteiger partial charge >= 0.3 is 0 Å². The number of ether oxygens (including phenoxy) is 1. The zero-order chi connectivity index (χ0) is 19.1. The first-order valence-electron chi connectivity index (χ1n) is 10.3. The van der Waals surface area contributed by atoms with Crippen LogP contribution in [0.3, 0.4) is 0 Å². The van der Waals surface area contributed by atoms with Crippen molar-refractivity contribution < 1.29 is 14.3 Å². The molecular formula is C22H32N2O3. The average Bonchev–Trinajstić information content (AvgIpc) is 2.72. The van der Waals surface area contributed by atoms with Crippen molar-refractivity contribution in [1.82, 2.24) is 9.80 Å². The highest BCUT2D eigenvalue weighted by Gasteiger charge is 2.31. The zero-order valence-corrected chi connectivity index (χ0v) is 16.4.